The quantitative estimate of drug-likeness (QED) is 0.0204. The third-order valence-electron chi connectivity index (χ3n) is 8.99. The van der Waals surface area contributed by atoms with Gasteiger partial charge in [0.2, 0.25) is 0 Å². The third-order valence-corrected chi connectivity index (χ3v) is 8.99. The Morgan fingerprint density at radius 3 is 1.22 bits per heavy atom. The Kier molecular flexibility index (Phi) is 15.5. The molecule has 5 aromatic carbocycles. The van der Waals surface area contributed by atoms with E-state index in [2.05, 4.69) is 9.47 Å². The number of aliphatic hydroxyl groups excluding tert-OH is 2. The summed E-state index contributed by atoms with van der Waals surface area (Å²) in [6, 6.07) is 22.6. The predicted octanol–water partition coefficient (Wildman–Crippen LogP) is 8.13. The average molecular weight is 915 g/mol. The molecule has 0 aliphatic heterocycles. The summed E-state index contributed by atoms with van der Waals surface area (Å²) in [5.74, 6) is -6.79. The van der Waals surface area contributed by atoms with Crippen molar-refractivity contribution >= 4 is 47.0 Å². The lowest BCUT2D eigenvalue weighted by Gasteiger charge is -2.26. The van der Waals surface area contributed by atoms with Gasteiger partial charge in [0.05, 0.1) is 17.0 Å². The second-order valence-corrected chi connectivity index (χ2v) is 13.7. The van der Waals surface area contributed by atoms with Crippen LogP contribution in [0.25, 0.3) is 12.2 Å². The van der Waals surface area contributed by atoms with Gasteiger partial charge in [-0.3, -0.25) is 9.59 Å². The molecular formula is C45H34F8N2O10. The normalized spacial score (nSPS) is 13.4. The number of nitrogen functional groups attached to an aromatic ring is 2. The lowest BCUT2D eigenvalue weighted by atomic mass is 9.83. The van der Waals surface area contributed by atoms with Crippen molar-refractivity contribution in [2.45, 2.75) is 43.2 Å². The van der Waals surface area contributed by atoms with Crippen molar-refractivity contribution in [3.63, 3.8) is 0 Å². The van der Waals surface area contributed by atoms with E-state index >= 15 is 0 Å². The number of alkyl halides is 8. The maximum absolute atomic E-state index is 13.3. The molecule has 5 aromatic rings. The Morgan fingerprint density at radius 2 is 0.877 bits per heavy atom. The number of esters is 2. The van der Waals surface area contributed by atoms with E-state index < -0.39 is 78.2 Å². The van der Waals surface area contributed by atoms with Gasteiger partial charge in [0.1, 0.15) is 35.2 Å². The molecule has 2 atom stereocenters. The van der Waals surface area contributed by atoms with E-state index in [0.717, 1.165) is 60.7 Å². The van der Waals surface area contributed by atoms with E-state index in [1.165, 1.54) is 78.9 Å². The van der Waals surface area contributed by atoms with E-state index in [1.54, 1.807) is 0 Å². The van der Waals surface area contributed by atoms with Gasteiger partial charge in [-0.1, -0.05) is 42.5 Å². The van der Waals surface area contributed by atoms with Crippen LogP contribution in [0, 0.1) is 0 Å². The Balaban J connectivity index is 1.21. The van der Waals surface area contributed by atoms with Gasteiger partial charge in [0, 0.05) is 11.4 Å². The van der Waals surface area contributed by atoms with Crippen molar-refractivity contribution in [2.75, 3.05) is 11.5 Å². The van der Waals surface area contributed by atoms with Gasteiger partial charge in [0.25, 0.3) is 0 Å². The SMILES string of the molecule is Nc1ccc(C(C(O)C(=O)/C=C/c2ccc(C(=O)Oc3ccc(OC(F)(F)C(F)F)cc3)cc2)C(O)C(=O)/C=C/c2ccc(C(=O)Oc3ccc(OC(F)(F)C(F)F)cc3)cc2)c(N)c1. The van der Waals surface area contributed by atoms with Crippen LogP contribution in [0.4, 0.5) is 46.5 Å². The van der Waals surface area contributed by atoms with Crippen LogP contribution in [-0.4, -0.2) is 71.0 Å². The first-order valence-corrected chi connectivity index (χ1v) is 18.6. The highest BCUT2D eigenvalue weighted by molar-refractivity contribution is 6.01. The van der Waals surface area contributed by atoms with E-state index in [4.69, 9.17) is 20.9 Å². The number of hydrogen-bond acceptors (Lipinski definition) is 12. The number of carbonyl (C=O) groups is 4. The summed E-state index contributed by atoms with van der Waals surface area (Å²) in [5.41, 5.74) is 12.8. The molecular weight excluding hydrogens is 880 g/mol. The molecule has 0 spiro atoms. The minimum absolute atomic E-state index is 0.00708. The first kappa shape index (κ1) is 48.5. The van der Waals surface area contributed by atoms with Gasteiger partial charge in [-0.15, -0.1) is 0 Å². The predicted molar refractivity (Wildman–Crippen MR) is 217 cm³/mol. The minimum Gasteiger partial charge on any atom is -0.428 e. The zero-order valence-corrected chi connectivity index (χ0v) is 33.0. The van der Waals surface area contributed by atoms with Crippen LogP contribution in [0.1, 0.15) is 43.3 Å². The number of aliphatic hydroxyl groups is 2. The maximum Gasteiger partial charge on any atom is 0.461 e. The van der Waals surface area contributed by atoms with Crippen LogP contribution in [0.2, 0.25) is 0 Å². The number of benzene rings is 5. The number of ketones is 2. The molecule has 0 heterocycles. The molecule has 5 rings (SSSR count). The molecule has 2 unspecified atom stereocenters. The topological polar surface area (TPSA) is 198 Å². The second-order valence-electron chi connectivity index (χ2n) is 13.7. The van der Waals surface area contributed by atoms with Crippen LogP contribution >= 0.6 is 0 Å². The lowest BCUT2D eigenvalue weighted by molar-refractivity contribution is -0.253. The van der Waals surface area contributed by atoms with Crippen molar-refractivity contribution in [2.24, 2.45) is 0 Å². The highest BCUT2D eigenvalue weighted by Crippen LogP contribution is 2.33. The lowest BCUT2D eigenvalue weighted by Crippen LogP contribution is -2.39. The summed E-state index contributed by atoms with van der Waals surface area (Å²) in [4.78, 5) is 51.9. The Morgan fingerprint density at radius 1 is 0.523 bits per heavy atom. The number of rotatable bonds is 19. The summed E-state index contributed by atoms with van der Waals surface area (Å²) >= 11 is 0. The molecule has 12 nitrogen and oxygen atoms in total. The Bertz CT molecular complexity index is 2390. The summed E-state index contributed by atoms with van der Waals surface area (Å²) in [5, 5.41) is 22.5. The summed E-state index contributed by atoms with van der Waals surface area (Å²) in [6.45, 7) is 0. The van der Waals surface area contributed by atoms with E-state index in [-0.39, 0.29) is 39.6 Å². The fourth-order valence-electron chi connectivity index (χ4n) is 5.66. The van der Waals surface area contributed by atoms with Crippen LogP contribution < -0.4 is 30.4 Å². The van der Waals surface area contributed by atoms with E-state index in [0.29, 0.717) is 11.1 Å². The molecule has 340 valence electrons. The molecule has 0 fully saturated rings. The van der Waals surface area contributed by atoms with Crippen LogP contribution in [0.3, 0.4) is 0 Å². The molecule has 0 amide bonds. The monoisotopic (exact) mass is 914 g/mol. The molecule has 0 saturated heterocycles. The van der Waals surface area contributed by atoms with Crippen LogP contribution in [0.15, 0.2) is 127 Å². The second kappa shape index (κ2) is 20.7. The highest BCUT2D eigenvalue weighted by atomic mass is 19.3. The van der Waals surface area contributed by atoms with Gasteiger partial charge in [-0.05, 0) is 114 Å². The summed E-state index contributed by atoms with van der Waals surface area (Å²) in [7, 11) is 0. The standard InChI is InChI=1S/C45H34F8N2O10/c46-42(47)44(50,51)64-31-16-12-29(13-17-31)62-40(60)26-7-1-24(2-8-26)5-21-35(56)38(58)37(33-20-11-28(54)23-34(33)55)39(59)36(57)22-6-25-3-9-27(10-4-25)41(61)63-30-14-18-32(19-15-30)65-45(52,53)43(48)49/h1-23,37-39,42-43,58-59H,54-55H2/b21-5+,22-6+. The molecule has 0 bridgehead atoms. The fourth-order valence-corrected chi connectivity index (χ4v) is 5.66. The van der Waals surface area contributed by atoms with Gasteiger partial charge in [-0.25, -0.2) is 9.59 Å². The zero-order valence-electron chi connectivity index (χ0n) is 33.0. The first-order valence-electron chi connectivity index (χ1n) is 18.6. The largest absolute Gasteiger partial charge is 0.461 e. The number of anilines is 2. The molecule has 0 aliphatic rings. The zero-order chi connectivity index (χ0) is 47.6. The number of halogens is 8. The van der Waals surface area contributed by atoms with Gasteiger partial charge >= 0.3 is 37.0 Å². The number of carbonyl (C=O) groups excluding carboxylic acids is 4. The number of ether oxygens (including phenoxy) is 4. The smallest absolute Gasteiger partial charge is 0.428 e. The Hall–Kier alpha value is -7.58. The maximum atomic E-state index is 13.3. The molecule has 0 aromatic heterocycles. The van der Waals surface area contributed by atoms with Crippen molar-refractivity contribution in [3.8, 4) is 23.0 Å². The summed E-state index contributed by atoms with van der Waals surface area (Å²) in [6.07, 6.45) is -17.3. The number of nitrogens with two attached hydrogens (primary N) is 2. The average Bonchev–Trinajstić information content (AvgIpc) is 3.26. The molecule has 65 heavy (non-hydrogen) atoms. The van der Waals surface area contributed by atoms with Crippen LogP contribution in [0.5, 0.6) is 23.0 Å². The van der Waals surface area contributed by atoms with E-state index in [9.17, 15) is 64.5 Å². The van der Waals surface area contributed by atoms with Gasteiger partial charge < -0.3 is 40.6 Å². The molecule has 0 aliphatic carbocycles. The highest BCUT2D eigenvalue weighted by Gasteiger charge is 2.45. The number of hydrogen-bond donors (Lipinski definition) is 4. The molecule has 0 radical (unpaired) electrons. The van der Waals surface area contributed by atoms with Crippen molar-refractivity contribution in [1.82, 2.24) is 0 Å². The summed E-state index contributed by atoms with van der Waals surface area (Å²) < 4.78 is 120. The molecule has 6 N–H and O–H groups in total. The van der Waals surface area contributed by atoms with Crippen molar-refractivity contribution in [3.05, 3.63) is 155 Å². The third kappa shape index (κ3) is 13.0. The van der Waals surface area contributed by atoms with Gasteiger partial charge in [-0.2, -0.15) is 35.1 Å². The Labute approximate surface area is 362 Å². The van der Waals surface area contributed by atoms with E-state index in [1.807, 2.05) is 0 Å². The van der Waals surface area contributed by atoms with Gasteiger partial charge in [0.15, 0.2) is 11.6 Å². The fraction of sp³-hybridized carbons (Fsp3) is 0.156. The molecule has 0 saturated carbocycles. The minimum atomic E-state index is -4.73. The molecule has 20 heteroatoms. The van der Waals surface area contributed by atoms with Crippen LogP contribution in [-0.2, 0) is 9.59 Å². The van der Waals surface area contributed by atoms with Crippen molar-refractivity contribution < 1.29 is 83.5 Å². The van der Waals surface area contributed by atoms with Crippen molar-refractivity contribution in [1.29, 1.82) is 0 Å². The first-order chi connectivity index (χ1) is 30.6.